The van der Waals surface area contributed by atoms with Crippen LogP contribution in [0.25, 0.3) is 11.1 Å². The average Bonchev–Trinajstić information content (AvgIpc) is 2.76. The summed E-state index contributed by atoms with van der Waals surface area (Å²) in [5.74, 6) is 0. The maximum Gasteiger partial charge on any atom is 0.494 e. The minimum absolute atomic E-state index is 0.315. The molecule has 3 nitrogen and oxygen atoms in total. The zero-order chi connectivity index (χ0) is 18.2. The summed E-state index contributed by atoms with van der Waals surface area (Å²) in [7, 11) is -0.318. The minimum atomic E-state index is -0.318. The zero-order valence-corrected chi connectivity index (χ0v) is 16.7. The van der Waals surface area contributed by atoms with E-state index in [4.69, 9.17) is 9.31 Å². The third kappa shape index (κ3) is 3.94. The van der Waals surface area contributed by atoms with Crippen LogP contribution in [0, 0.1) is 0 Å². The van der Waals surface area contributed by atoms with Crippen LogP contribution >= 0.6 is 11.8 Å². The Kier molecular flexibility index (Phi) is 5.02. The molecule has 1 aliphatic heterocycles. The van der Waals surface area contributed by atoms with Gasteiger partial charge >= 0.3 is 7.12 Å². The Hall–Kier alpha value is -1.30. The smallest absolute Gasteiger partial charge is 0.399 e. The molecule has 1 aliphatic rings. The largest absolute Gasteiger partial charge is 0.494 e. The second kappa shape index (κ2) is 6.78. The van der Waals surface area contributed by atoms with Crippen LogP contribution < -0.4 is 5.46 Å². The van der Waals surface area contributed by atoms with Crippen molar-refractivity contribution in [2.45, 2.75) is 63.0 Å². The van der Waals surface area contributed by atoms with Crippen molar-refractivity contribution in [3.63, 3.8) is 0 Å². The van der Waals surface area contributed by atoms with Crippen LogP contribution in [0.2, 0.25) is 0 Å². The van der Waals surface area contributed by atoms with Gasteiger partial charge in [0, 0.05) is 17.0 Å². The van der Waals surface area contributed by atoms with Crippen LogP contribution in [0.15, 0.2) is 47.6 Å². The molecule has 1 aromatic heterocycles. The van der Waals surface area contributed by atoms with Gasteiger partial charge in [0.25, 0.3) is 0 Å². The highest BCUT2D eigenvalue weighted by atomic mass is 32.2. The van der Waals surface area contributed by atoms with Gasteiger partial charge in [-0.25, -0.2) is 4.98 Å². The quantitative estimate of drug-likeness (QED) is 0.595. The van der Waals surface area contributed by atoms with Gasteiger partial charge in [0.2, 0.25) is 0 Å². The number of pyridine rings is 1. The number of benzene rings is 1. The third-order valence-electron chi connectivity index (χ3n) is 4.86. The minimum Gasteiger partial charge on any atom is -0.399 e. The predicted molar refractivity (Wildman–Crippen MR) is 106 cm³/mol. The summed E-state index contributed by atoms with van der Waals surface area (Å²) in [6.45, 7) is 12.6. The number of hydrogen-bond acceptors (Lipinski definition) is 4. The topological polar surface area (TPSA) is 31.4 Å². The lowest BCUT2D eigenvalue weighted by Crippen LogP contribution is -2.41. The summed E-state index contributed by atoms with van der Waals surface area (Å²) in [6, 6.07) is 12.6. The van der Waals surface area contributed by atoms with E-state index in [2.05, 4.69) is 82.9 Å². The monoisotopic (exact) mass is 355 g/mol. The van der Waals surface area contributed by atoms with Gasteiger partial charge in [-0.1, -0.05) is 44.2 Å². The standard InChI is InChI=1S/C20H26BNO2S/c1-14(2)25-18-12-9-16(13-22-18)15-7-10-17(11-8-15)21-23-19(3,4)20(5,6)24-21/h7-14H,1-6H3. The summed E-state index contributed by atoms with van der Waals surface area (Å²) in [6.07, 6.45) is 1.94. The predicted octanol–water partition coefficient (Wildman–Crippen LogP) is 4.55. The molecule has 2 aromatic rings. The van der Waals surface area contributed by atoms with E-state index < -0.39 is 0 Å². The Morgan fingerprint density at radius 2 is 1.44 bits per heavy atom. The van der Waals surface area contributed by atoms with Crippen molar-refractivity contribution in [2.24, 2.45) is 0 Å². The van der Waals surface area contributed by atoms with Crippen molar-refractivity contribution in [3.8, 4) is 11.1 Å². The van der Waals surface area contributed by atoms with Crippen molar-refractivity contribution in [1.29, 1.82) is 0 Å². The molecule has 1 aromatic carbocycles. The maximum atomic E-state index is 6.11. The number of thioether (sulfide) groups is 1. The highest BCUT2D eigenvalue weighted by molar-refractivity contribution is 7.99. The van der Waals surface area contributed by atoms with Gasteiger partial charge in [-0.3, -0.25) is 0 Å². The number of aromatic nitrogens is 1. The third-order valence-corrected chi connectivity index (χ3v) is 5.82. The Labute approximate surface area is 155 Å². The Balaban J connectivity index is 1.75. The number of nitrogens with zero attached hydrogens (tertiary/aromatic N) is 1. The molecule has 0 unspecified atom stereocenters. The van der Waals surface area contributed by atoms with Gasteiger partial charge in [0.15, 0.2) is 0 Å². The molecule has 132 valence electrons. The van der Waals surface area contributed by atoms with E-state index in [0.717, 1.165) is 21.6 Å². The van der Waals surface area contributed by atoms with E-state index in [1.54, 1.807) is 11.8 Å². The number of rotatable bonds is 4. The fourth-order valence-electron chi connectivity index (χ4n) is 2.67. The van der Waals surface area contributed by atoms with Crippen LogP contribution in [0.5, 0.6) is 0 Å². The summed E-state index contributed by atoms with van der Waals surface area (Å²) < 4.78 is 12.2. The molecule has 25 heavy (non-hydrogen) atoms. The van der Waals surface area contributed by atoms with Crippen molar-refractivity contribution in [1.82, 2.24) is 4.98 Å². The van der Waals surface area contributed by atoms with Crippen LogP contribution in [-0.4, -0.2) is 28.6 Å². The van der Waals surface area contributed by atoms with E-state index in [1.165, 1.54) is 0 Å². The lowest BCUT2D eigenvalue weighted by atomic mass is 9.78. The first-order chi connectivity index (χ1) is 11.7. The second-order valence-corrected chi connectivity index (χ2v) is 9.36. The fraction of sp³-hybridized carbons (Fsp3) is 0.450. The summed E-state index contributed by atoms with van der Waals surface area (Å²) in [5.41, 5.74) is 2.68. The molecular formula is C20H26BNO2S. The van der Waals surface area contributed by atoms with Crippen molar-refractivity contribution < 1.29 is 9.31 Å². The molecule has 1 saturated heterocycles. The average molecular weight is 355 g/mol. The van der Waals surface area contributed by atoms with E-state index in [1.807, 2.05) is 6.20 Å². The van der Waals surface area contributed by atoms with Gasteiger partial charge in [-0.05, 0) is 44.8 Å². The highest BCUT2D eigenvalue weighted by Crippen LogP contribution is 2.36. The summed E-state index contributed by atoms with van der Waals surface area (Å²) in [4.78, 5) is 4.55. The summed E-state index contributed by atoms with van der Waals surface area (Å²) >= 11 is 1.78. The van der Waals surface area contributed by atoms with Gasteiger partial charge in [0.05, 0.1) is 16.2 Å². The number of hydrogen-bond donors (Lipinski definition) is 0. The molecule has 0 bridgehead atoms. The van der Waals surface area contributed by atoms with E-state index in [0.29, 0.717) is 5.25 Å². The second-order valence-electron chi connectivity index (χ2n) is 7.76. The SMILES string of the molecule is CC(C)Sc1ccc(-c2ccc(B3OC(C)(C)C(C)(C)O3)cc2)cn1. The first-order valence-corrected chi connectivity index (χ1v) is 9.65. The first-order valence-electron chi connectivity index (χ1n) is 8.77. The molecule has 0 spiro atoms. The molecule has 0 atom stereocenters. The molecule has 1 fully saturated rings. The van der Waals surface area contributed by atoms with Crippen LogP contribution in [0.3, 0.4) is 0 Å². The van der Waals surface area contributed by atoms with Crippen molar-refractivity contribution >= 4 is 24.3 Å². The molecule has 0 N–H and O–H groups in total. The van der Waals surface area contributed by atoms with Crippen LogP contribution in [-0.2, 0) is 9.31 Å². The van der Waals surface area contributed by atoms with E-state index in [-0.39, 0.29) is 18.3 Å². The van der Waals surface area contributed by atoms with Gasteiger partial charge < -0.3 is 9.31 Å². The Morgan fingerprint density at radius 3 is 1.92 bits per heavy atom. The van der Waals surface area contributed by atoms with Crippen molar-refractivity contribution in [2.75, 3.05) is 0 Å². The maximum absolute atomic E-state index is 6.11. The molecule has 0 aliphatic carbocycles. The molecule has 0 radical (unpaired) electrons. The van der Waals surface area contributed by atoms with Crippen LogP contribution in [0.4, 0.5) is 0 Å². The zero-order valence-electron chi connectivity index (χ0n) is 15.9. The summed E-state index contributed by atoms with van der Waals surface area (Å²) in [5, 5.41) is 1.60. The lowest BCUT2D eigenvalue weighted by molar-refractivity contribution is 0.00578. The first kappa shape index (κ1) is 18.5. The van der Waals surface area contributed by atoms with Crippen LogP contribution in [0.1, 0.15) is 41.5 Å². The lowest BCUT2D eigenvalue weighted by Gasteiger charge is -2.32. The van der Waals surface area contributed by atoms with Gasteiger partial charge in [-0.2, -0.15) is 0 Å². The van der Waals surface area contributed by atoms with Gasteiger partial charge in [-0.15, -0.1) is 11.8 Å². The molecule has 2 heterocycles. The normalized spacial score (nSPS) is 18.8. The molecule has 3 rings (SSSR count). The Bertz CT molecular complexity index is 710. The molecule has 5 heteroatoms. The Morgan fingerprint density at radius 1 is 0.880 bits per heavy atom. The van der Waals surface area contributed by atoms with E-state index in [9.17, 15) is 0 Å². The highest BCUT2D eigenvalue weighted by Gasteiger charge is 2.51. The van der Waals surface area contributed by atoms with E-state index >= 15 is 0 Å². The molecular weight excluding hydrogens is 329 g/mol. The molecule has 0 amide bonds. The van der Waals surface area contributed by atoms with Gasteiger partial charge in [0.1, 0.15) is 0 Å². The fourth-order valence-corrected chi connectivity index (χ4v) is 3.42. The van der Waals surface area contributed by atoms with Crippen molar-refractivity contribution in [3.05, 3.63) is 42.6 Å². The molecule has 0 saturated carbocycles.